The third-order valence-corrected chi connectivity index (χ3v) is 17.1. The zero-order valence-electron chi connectivity index (χ0n) is 32.9. The van der Waals surface area contributed by atoms with Crippen molar-refractivity contribution >= 4 is 0 Å². The van der Waals surface area contributed by atoms with Crippen LogP contribution in [0.1, 0.15) is 106 Å². The number of hydrogen-bond donors (Lipinski definition) is 8. The zero-order chi connectivity index (χ0) is 38.7. The largest absolute Gasteiger partial charge is 0.396 e. The number of rotatable bonds is 6. The van der Waals surface area contributed by atoms with Crippen LogP contribution in [-0.2, 0) is 18.9 Å². The minimum atomic E-state index is -1.69. The molecule has 2 heterocycles. The molecule has 8 N–H and O–H groups in total. The molecule has 5 aliphatic carbocycles. The molecule has 6 fully saturated rings. The van der Waals surface area contributed by atoms with Gasteiger partial charge >= 0.3 is 0 Å². The quantitative estimate of drug-likeness (QED) is 0.185. The van der Waals surface area contributed by atoms with E-state index in [4.69, 9.17) is 18.9 Å². The van der Waals surface area contributed by atoms with E-state index in [1.165, 1.54) is 5.57 Å². The Kier molecular flexibility index (Phi) is 10.4. The number of ether oxygens (including phenoxy) is 4. The summed E-state index contributed by atoms with van der Waals surface area (Å²) >= 11 is 0. The Balaban J connectivity index is 1.18. The van der Waals surface area contributed by atoms with E-state index in [0.29, 0.717) is 12.3 Å². The average molecular weight is 753 g/mol. The normalized spacial score (nSPS) is 56.6. The topological polar surface area (TPSA) is 199 Å². The first-order chi connectivity index (χ1) is 24.7. The van der Waals surface area contributed by atoms with Crippen LogP contribution >= 0.6 is 0 Å². The van der Waals surface area contributed by atoms with Crippen molar-refractivity contribution < 1.29 is 59.8 Å². The van der Waals surface area contributed by atoms with Gasteiger partial charge in [0.05, 0.1) is 32.0 Å². The molecule has 12 nitrogen and oxygen atoms in total. The Morgan fingerprint density at radius 1 is 0.736 bits per heavy atom. The van der Waals surface area contributed by atoms with E-state index in [-0.39, 0.29) is 58.2 Å². The van der Waals surface area contributed by atoms with E-state index in [1.54, 1.807) is 0 Å². The first-order valence-electron chi connectivity index (χ1n) is 20.3. The van der Waals surface area contributed by atoms with Gasteiger partial charge in [0.1, 0.15) is 42.7 Å². The minimum Gasteiger partial charge on any atom is -0.396 e. The summed E-state index contributed by atoms with van der Waals surface area (Å²) in [7, 11) is 0. The second-order valence-electron chi connectivity index (χ2n) is 20.3. The summed E-state index contributed by atoms with van der Waals surface area (Å²) in [6.45, 7) is 15.6. The maximum absolute atomic E-state index is 11.2. The smallest absolute Gasteiger partial charge is 0.187 e. The van der Waals surface area contributed by atoms with Crippen molar-refractivity contribution in [3.05, 3.63) is 11.6 Å². The maximum atomic E-state index is 11.2. The lowest BCUT2D eigenvalue weighted by Crippen LogP contribution is -2.66. The van der Waals surface area contributed by atoms with Gasteiger partial charge in [-0.2, -0.15) is 0 Å². The van der Waals surface area contributed by atoms with Gasteiger partial charge in [0, 0.05) is 10.8 Å². The summed E-state index contributed by atoms with van der Waals surface area (Å²) in [4.78, 5) is 0. The van der Waals surface area contributed by atoms with Gasteiger partial charge in [0.15, 0.2) is 12.6 Å². The fourth-order valence-electron chi connectivity index (χ4n) is 13.4. The molecule has 0 bridgehead atoms. The molecule has 0 spiro atoms. The van der Waals surface area contributed by atoms with Crippen LogP contribution in [0, 0.1) is 50.2 Å². The van der Waals surface area contributed by atoms with Crippen LogP contribution in [0.4, 0.5) is 0 Å². The Labute approximate surface area is 314 Å². The number of fused-ring (bicyclic) bond motifs is 7. The molecule has 53 heavy (non-hydrogen) atoms. The van der Waals surface area contributed by atoms with Gasteiger partial charge in [0.25, 0.3) is 0 Å². The van der Waals surface area contributed by atoms with Crippen LogP contribution in [0.3, 0.4) is 0 Å². The fourth-order valence-corrected chi connectivity index (χ4v) is 13.4. The summed E-state index contributed by atoms with van der Waals surface area (Å²) in [6.07, 6.45) is -2.78. The fraction of sp³-hybridized carbons (Fsp3) is 0.951. The number of allylic oxidation sites excluding steroid dienone is 2. The Hall–Kier alpha value is -0.740. The summed E-state index contributed by atoms with van der Waals surface area (Å²) in [5, 5.41) is 84.8. The monoisotopic (exact) mass is 752 g/mol. The maximum Gasteiger partial charge on any atom is 0.187 e. The van der Waals surface area contributed by atoms with E-state index >= 15 is 0 Å². The summed E-state index contributed by atoms with van der Waals surface area (Å²) in [5.74, 6) is 0.902. The second kappa shape index (κ2) is 13.7. The molecule has 0 aromatic heterocycles. The summed E-state index contributed by atoms with van der Waals surface area (Å²) in [5.41, 5.74) is 0.630. The highest BCUT2D eigenvalue weighted by Crippen LogP contribution is 2.76. The van der Waals surface area contributed by atoms with E-state index in [0.717, 1.165) is 51.4 Å². The molecule has 0 aromatic rings. The predicted molar refractivity (Wildman–Crippen MR) is 193 cm³/mol. The standard InChI is InChI=1S/C41H68O12/c1-36(2)16-22-21-8-9-26-38(4)12-11-27(45)39(5,20-43)25(38)10-13-41(26,7)40(21,6)15-14-37(22,3)28(17-36)52-35-33(29(46)23(44)19-50-35)53-34-32(49)31(48)30(47)24(18-42)51-34/h8,22-35,42-49H,9-20H2,1-7H3. The van der Waals surface area contributed by atoms with Crippen molar-refractivity contribution in [2.75, 3.05) is 19.8 Å². The second-order valence-corrected chi connectivity index (χ2v) is 20.3. The molecule has 2 aliphatic heterocycles. The Morgan fingerprint density at radius 2 is 1.45 bits per heavy atom. The van der Waals surface area contributed by atoms with E-state index in [9.17, 15) is 40.9 Å². The highest BCUT2D eigenvalue weighted by atomic mass is 16.8. The van der Waals surface area contributed by atoms with Gasteiger partial charge in [-0.25, -0.2) is 0 Å². The average Bonchev–Trinajstić information content (AvgIpc) is 3.10. The lowest BCUT2D eigenvalue weighted by atomic mass is 9.33. The molecular formula is C41H68O12. The van der Waals surface area contributed by atoms with Crippen LogP contribution in [0.25, 0.3) is 0 Å². The van der Waals surface area contributed by atoms with Gasteiger partial charge in [-0.05, 0) is 97.2 Å². The number of hydrogen-bond acceptors (Lipinski definition) is 12. The molecule has 7 aliphatic rings. The molecule has 304 valence electrons. The predicted octanol–water partition coefficient (Wildman–Crippen LogP) is 2.40. The molecule has 0 aromatic carbocycles. The van der Waals surface area contributed by atoms with Crippen LogP contribution in [0.5, 0.6) is 0 Å². The number of aliphatic hydroxyl groups is 8. The first kappa shape index (κ1) is 40.5. The van der Waals surface area contributed by atoms with Crippen LogP contribution in [0.2, 0.25) is 0 Å². The number of aliphatic hydroxyl groups excluding tert-OH is 8. The SMILES string of the molecule is CC1(C)CC(OC2OCC(O)C(O)C2OC2OC(CO)C(O)C(O)C2O)C2(C)CCC3(C)C(=CCC4C5(C)CCC(O)C(C)(CO)C5CCC43C)C2C1. The third-order valence-electron chi connectivity index (χ3n) is 17.1. The highest BCUT2D eigenvalue weighted by Gasteiger charge is 2.69. The van der Waals surface area contributed by atoms with Gasteiger partial charge in [-0.15, -0.1) is 0 Å². The van der Waals surface area contributed by atoms with E-state index in [1.807, 2.05) is 0 Å². The highest BCUT2D eigenvalue weighted by molar-refractivity contribution is 5.34. The molecule has 4 saturated carbocycles. The molecule has 2 saturated heterocycles. The molecule has 0 amide bonds. The van der Waals surface area contributed by atoms with Crippen molar-refractivity contribution in [2.45, 2.75) is 174 Å². The minimum absolute atomic E-state index is 0.00221. The molecule has 19 atom stereocenters. The van der Waals surface area contributed by atoms with Gasteiger partial charge in [0.2, 0.25) is 0 Å². The van der Waals surface area contributed by atoms with Crippen LogP contribution in [0.15, 0.2) is 11.6 Å². The zero-order valence-corrected chi connectivity index (χ0v) is 32.9. The third kappa shape index (κ3) is 5.98. The van der Waals surface area contributed by atoms with E-state index < -0.39 is 73.4 Å². The van der Waals surface area contributed by atoms with Crippen molar-refractivity contribution in [1.82, 2.24) is 0 Å². The van der Waals surface area contributed by atoms with E-state index in [2.05, 4.69) is 54.5 Å². The van der Waals surface area contributed by atoms with Gasteiger partial charge in [-0.1, -0.05) is 60.1 Å². The molecule has 12 heteroatoms. The van der Waals surface area contributed by atoms with Crippen molar-refractivity contribution in [1.29, 1.82) is 0 Å². The van der Waals surface area contributed by atoms with Crippen molar-refractivity contribution in [2.24, 2.45) is 50.2 Å². The van der Waals surface area contributed by atoms with Crippen LogP contribution in [-0.4, -0.2) is 128 Å². The van der Waals surface area contributed by atoms with Crippen LogP contribution < -0.4 is 0 Å². The molecule has 7 rings (SSSR count). The lowest BCUT2D eigenvalue weighted by Gasteiger charge is -2.72. The van der Waals surface area contributed by atoms with Crippen molar-refractivity contribution in [3.8, 4) is 0 Å². The summed E-state index contributed by atoms with van der Waals surface area (Å²) < 4.78 is 24.6. The summed E-state index contributed by atoms with van der Waals surface area (Å²) in [6, 6.07) is 0. The molecular weight excluding hydrogens is 684 g/mol. The Bertz CT molecular complexity index is 1390. The first-order valence-corrected chi connectivity index (χ1v) is 20.3. The molecule has 0 radical (unpaired) electrons. The van der Waals surface area contributed by atoms with Gasteiger partial charge in [-0.3, -0.25) is 0 Å². The van der Waals surface area contributed by atoms with Crippen molar-refractivity contribution in [3.63, 3.8) is 0 Å². The molecule has 19 unspecified atom stereocenters. The Morgan fingerprint density at radius 3 is 2.13 bits per heavy atom. The lowest BCUT2D eigenvalue weighted by molar-refractivity contribution is -0.367. The van der Waals surface area contributed by atoms with Gasteiger partial charge < -0.3 is 59.8 Å².